The second kappa shape index (κ2) is 12.7. The minimum absolute atomic E-state index is 0.00887. The maximum Gasteiger partial charge on any atom is 0.266 e. The lowest BCUT2D eigenvalue weighted by molar-refractivity contribution is -0.130. The van der Waals surface area contributed by atoms with Crippen LogP contribution in [0.1, 0.15) is 49.5 Å². The smallest absolute Gasteiger partial charge is 0.266 e. The Morgan fingerprint density at radius 3 is 2.75 bits per heavy atom. The molecule has 0 saturated heterocycles. The third-order valence-corrected chi connectivity index (χ3v) is 5.60. The number of benzene rings is 2. The maximum atomic E-state index is 13.6. The third-order valence-electron chi connectivity index (χ3n) is 5.60. The van der Waals surface area contributed by atoms with Crippen molar-refractivity contribution in [3.63, 3.8) is 0 Å². The number of ether oxygens (including phenoxy) is 2. The molecule has 2 aromatic carbocycles. The average Bonchev–Trinajstić information content (AvgIpc) is 3.27. The zero-order chi connectivity index (χ0) is 26.0. The largest absolute Gasteiger partial charge is 0.494 e. The van der Waals surface area contributed by atoms with Gasteiger partial charge in [0.25, 0.3) is 5.91 Å². The van der Waals surface area contributed by atoms with Crippen molar-refractivity contribution in [3.05, 3.63) is 88.3 Å². The highest BCUT2D eigenvalue weighted by Gasteiger charge is 2.53. The van der Waals surface area contributed by atoms with Gasteiger partial charge in [0.05, 0.1) is 13.2 Å². The van der Waals surface area contributed by atoms with E-state index in [-0.39, 0.29) is 31.5 Å². The molecule has 0 aliphatic carbocycles. The van der Waals surface area contributed by atoms with E-state index in [1.807, 2.05) is 50.2 Å². The summed E-state index contributed by atoms with van der Waals surface area (Å²) in [6, 6.07) is 14.6. The minimum Gasteiger partial charge on any atom is -0.494 e. The van der Waals surface area contributed by atoms with Crippen LogP contribution in [0, 0.1) is 0 Å². The molecule has 2 aromatic rings. The van der Waals surface area contributed by atoms with Crippen LogP contribution in [0.4, 0.5) is 0 Å². The number of hydrogen-bond donors (Lipinski definition) is 3. The van der Waals surface area contributed by atoms with E-state index in [0.29, 0.717) is 35.8 Å². The Morgan fingerprint density at radius 2 is 2.08 bits per heavy atom. The number of aliphatic imine (C=N–C) groups is 1. The number of aliphatic hydroxyl groups is 1. The summed E-state index contributed by atoms with van der Waals surface area (Å²) in [5.74, 6) is 0.596. The Bertz CT molecular complexity index is 1130. The molecule has 1 aliphatic heterocycles. The van der Waals surface area contributed by atoms with Gasteiger partial charge in [0.2, 0.25) is 5.90 Å². The van der Waals surface area contributed by atoms with Crippen molar-refractivity contribution < 1.29 is 19.4 Å². The van der Waals surface area contributed by atoms with Crippen molar-refractivity contribution in [3.8, 4) is 5.75 Å². The van der Waals surface area contributed by atoms with Crippen LogP contribution in [0.2, 0.25) is 0 Å². The van der Waals surface area contributed by atoms with E-state index in [2.05, 4.69) is 27.5 Å². The number of amides is 1. The van der Waals surface area contributed by atoms with Gasteiger partial charge < -0.3 is 14.6 Å². The lowest BCUT2D eigenvalue weighted by atomic mass is 9.83. The fourth-order valence-corrected chi connectivity index (χ4v) is 3.87. The molecule has 0 saturated carbocycles. The molecule has 3 rings (SSSR count). The van der Waals surface area contributed by atoms with Gasteiger partial charge in [-0.15, -0.1) is 6.58 Å². The fraction of sp³-hybridized carbons (Fsp3) is 0.385. The first-order valence-corrected chi connectivity index (χ1v) is 11.8. The summed E-state index contributed by atoms with van der Waals surface area (Å²) >= 11 is 0. The van der Waals surface area contributed by atoms with Crippen molar-refractivity contribution >= 4 is 11.8 Å². The van der Waals surface area contributed by atoms with Crippen LogP contribution in [0.15, 0.2) is 71.3 Å². The zero-order valence-corrected chi connectivity index (χ0v) is 20.6. The molecule has 0 spiro atoms. The van der Waals surface area contributed by atoms with E-state index in [9.17, 15) is 4.79 Å². The number of carbonyl (C=O) groups excluding carboxylic acids is 1. The van der Waals surface area contributed by atoms with Crippen molar-refractivity contribution in [2.24, 2.45) is 10.1 Å². The van der Waals surface area contributed by atoms with Gasteiger partial charge in [-0.1, -0.05) is 35.5 Å². The summed E-state index contributed by atoms with van der Waals surface area (Å²) in [5, 5.41) is 12.7. The highest BCUT2D eigenvalue weighted by molar-refractivity contribution is 6.01. The number of carbonyl (C=O) groups is 1. The van der Waals surface area contributed by atoms with Crippen LogP contribution in [-0.4, -0.2) is 41.7 Å². The fourth-order valence-electron chi connectivity index (χ4n) is 3.87. The SMILES string of the molecule is C=CC[C@]1(C(=O)NNC(C)C)N=C(c2ccc(OCCCO)cc2)O[C@H]1c1ccccc1CN=[N+]=[N-]. The van der Waals surface area contributed by atoms with E-state index in [1.54, 1.807) is 18.2 Å². The van der Waals surface area contributed by atoms with Crippen LogP contribution in [0.5, 0.6) is 5.75 Å². The van der Waals surface area contributed by atoms with Crippen LogP contribution in [0.25, 0.3) is 10.4 Å². The molecule has 0 fully saturated rings. The molecule has 1 heterocycles. The number of nitrogens with zero attached hydrogens (tertiary/aromatic N) is 4. The predicted molar refractivity (Wildman–Crippen MR) is 137 cm³/mol. The van der Waals surface area contributed by atoms with E-state index in [4.69, 9.17) is 25.1 Å². The van der Waals surface area contributed by atoms with Gasteiger partial charge in [-0.3, -0.25) is 10.2 Å². The van der Waals surface area contributed by atoms with Crippen LogP contribution in [-0.2, 0) is 16.1 Å². The molecule has 10 nitrogen and oxygen atoms in total. The molecular formula is C26H32N6O4. The molecule has 190 valence electrons. The standard InChI is InChI=1S/C26H32N6O4/c1-4-14-26(25(34)31-30-18(2)3)23(22-9-6-5-8-20(22)17-28-32-27)36-24(29-26)19-10-12-21(13-11-19)35-16-7-15-33/h4-6,8-13,18,23,30,33H,1,7,14-17H2,2-3H3,(H,31,34)/t23-,26-/m0/s1. The highest BCUT2D eigenvalue weighted by Crippen LogP contribution is 2.43. The van der Waals surface area contributed by atoms with Crippen molar-refractivity contribution in [1.29, 1.82) is 0 Å². The molecule has 0 aromatic heterocycles. The number of aliphatic hydroxyl groups excluding tert-OH is 1. The van der Waals surface area contributed by atoms with Gasteiger partial charge >= 0.3 is 0 Å². The Labute approximate surface area is 210 Å². The predicted octanol–water partition coefficient (Wildman–Crippen LogP) is 4.12. The Kier molecular flexibility index (Phi) is 9.46. The molecule has 1 aliphatic rings. The summed E-state index contributed by atoms with van der Waals surface area (Å²) in [6.07, 6.45) is 1.61. The van der Waals surface area contributed by atoms with E-state index >= 15 is 0 Å². The summed E-state index contributed by atoms with van der Waals surface area (Å²) in [7, 11) is 0. The number of hydrogen-bond acceptors (Lipinski definition) is 7. The van der Waals surface area contributed by atoms with E-state index in [1.165, 1.54) is 0 Å². The Balaban J connectivity index is 2.04. The molecular weight excluding hydrogens is 460 g/mol. The number of hydrazine groups is 1. The zero-order valence-electron chi connectivity index (χ0n) is 20.6. The van der Waals surface area contributed by atoms with Gasteiger partial charge in [-0.25, -0.2) is 10.4 Å². The first-order valence-electron chi connectivity index (χ1n) is 11.8. The molecule has 3 N–H and O–H groups in total. The van der Waals surface area contributed by atoms with Crippen molar-refractivity contribution in [1.82, 2.24) is 10.9 Å². The molecule has 2 atom stereocenters. The van der Waals surface area contributed by atoms with Crippen LogP contribution in [0.3, 0.4) is 0 Å². The summed E-state index contributed by atoms with van der Waals surface area (Å²) in [5.41, 5.74) is 15.4. The topological polar surface area (TPSA) is 141 Å². The van der Waals surface area contributed by atoms with Gasteiger partial charge in [0, 0.05) is 36.0 Å². The van der Waals surface area contributed by atoms with Gasteiger partial charge in [0.1, 0.15) is 5.75 Å². The molecule has 10 heteroatoms. The Hall–Kier alpha value is -3.85. The normalized spacial score (nSPS) is 18.7. The highest BCUT2D eigenvalue weighted by atomic mass is 16.5. The number of nitrogens with one attached hydrogen (secondary N) is 2. The lowest BCUT2D eigenvalue weighted by Crippen LogP contribution is -2.54. The van der Waals surface area contributed by atoms with Crippen LogP contribution < -0.4 is 15.6 Å². The maximum absolute atomic E-state index is 13.6. The molecule has 1 amide bonds. The summed E-state index contributed by atoms with van der Waals surface area (Å²) in [6.45, 7) is 8.27. The monoisotopic (exact) mass is 492 g/mol. The van der Waals surface area contributed by atoms with Gasteiger partial charge in [-0.2, -0.15) is 0 Å². The van der Waals surface area contributed by atoms with Gasteiger partial charge in [-0.05, 0) is 54.8 Å². The molecule has 36 heavy (non-hydrogen) atoms. The van der Waals surface area contributed by atoms with Gasteiger partial charge in [0.15, 0.2) is 11.6 Å². The average molecular weight is 493 g/mol. The summed E-state index contributed by atoms with van der Waals surface area (Å²) in [4.78, 5) is 21.3. The molecule has 0 radical (unpaired) electrons. The summed E-state index contributed by atoms with van der Waals surface area (Å²) < 4.78 is 12.0. The van der Waals surface area contributed by atoms with Crippen molar-refractivity contribution in [2.75, 3.05) is 13.2 Å². The number of rotatable bonds is 13. The quantitative estimate of drug-likeness (QED) is 0.0963. The lowest BCUT2D eigenvalue weighted by Gasteiger charge is -2.31. The first-order chi connectivity index (χ1) is 17.4. The second-order valence-electron chi connectivity index (χ2n) is 8.62. The molecule has 0 bridgehead atoms. The first kappa shape index (κ1) is 26.7. The second-order valence-corrected chi connectivity index (χ2v) is 8.62. The van der Waals surface area contributed by atoms with Crippen LogP contribution >= 0.6 is 0 Å². The minimum atomic E-state index is -1.35. The third kappa shape index (κ3) is 6.23. The van der Waals surface area contributed by atoms with E-state index in [0.717, 1.165) is 5.56 Å². The Morgan fingerprint density at radius 1 is 1.33 bits per heavy atom. The number of azide groups is 1. The molecule has 0 unspecified atom stereocenters. The van der Waals surface area contributed by atoms with Crippen molar-refractivity contribution in [2.45, 2.75) is 50.9 Å². The van der Waals surface area contributed by atoms with E-state index < -0.39 is 11.6 Å².